The third-order valence-electron chi connectivity index (χ3n) is 5.39. The molecule has 3 N–H and O–H groups in total. The van der Waals surface area contributed by atoms with Crippen molar-refractivity contribution in [1.29, 1.82) is 0 Å². The van der Waals surface area contributed by atoms with E-state index >= 15 is 0 Å². The van der Waals surface area contributed by atoms with Gasteiger partial charge in [0.25, 0.3) is 0 Å². The van der Waals surface area contributed by atoms with Gasteiger partial charge in [0.1, 0.15) is 0 Å². The second-order valence-corrected chi connectivity index (χ2v) is 6.85. The number of likely N-dealkylation sites (tertiary alicyclic amines) is 1. The number of benzene rings is 1. The monoisotopic (exact) mass is 350 g/mol. The Morgan fingerprint density at radius 2 is 1.96 bits per heavy atom. The van der Waals surface area contributed by atoms with Crippen LogP contribution in [0.5, 0.6) is 0 Å². The summed E-state index contributed by atoms with van der Waals surface area (Å²) >= 11 is 0. The Morgan fingerprint density at radius 3 is 2.73 bits per heavy atom. The van der Waals surface area contributed by atoms with Crippen molar-refractivity contribution in [2.24, 2.45) is 0 Å². The molecule has 2 saturated heterocycles. The summed E-state index contributed by atoms with van der Waals surface area (Å²) in [6.45, 7) is 1.24. The summed E-state index contributed by atoms with van der Waals surface area (Å²) in [5.74, 6) is 0.489. The molecule has 0 unspecified atom stereocenters. The zero-order valence-corrected chi connectivity index (χ0v) is 14.0. The second-order valence-electron chi connectivity index (χ2n) is 6.85. The van der Waals surface area contributed by atoms with E-state index in [9.17, 15) is 9.90 Å². The van der Waals surface area contributed by atoms with Gasteiger partial charge in [0, 0.05) is 24.5 Å². The van der Waals surface area contributed by atoms with E-state index in [1.807, 2.05) is 36.5 Å². The zero-order valence-electron chi connectivity index (χ0n) is 14.0. The fourth-order valence-corrected chi connectivity index (χ4v) is 4.19. The summed E-state index contributed by atoms with van der Waals surface area (Å²) < 4.78 is 1.80. The predicted octanol–water partition coefficient (Wildman–Crippen LogP) is 1.94. The molecule has 0 spiro atoms. The molecule has 0 saturated carbocycles. The smallest absolute Gasteiger partial charge is 0.407 e. The van der Waals surface area contributed by atoms with E-state index in [0.29, 0.717) is 18.9 Å². The summed E-state index contributed by atoms with van der Waals surface area (Å²) in [5, 5.41) is 14.6. The maximum atomic E-state index is 11.3. The average Bonchev–Trinajstić information content (AvgIpc) is 3.35. The first-order valence-corrected chi connectivity index (χ1v) is 8.56. The first kappa shape index (κ1) is 15.0. The topological polar surface area (TPSA) is 101 Å². The second kappa shape index (κ2) is 5.35. The lowest BCUT2D eigenvalue weighted by Crippen LogP contribution is -2.48. The lowest BCUT2D eigenvalue weighted by Gasteiger charge is -2.34. The van der Waals surface area contributed by atoms with E-state index in [1.54, 1.807) is 15.8 Å². The molecule has 5 rings (SSSR count). The van der Waals surface area contributed by atoms with Crippen LogP contribution in [0.1, 0.15) is 6.42 Å². The van der Waals surface area contributed by atoms with Crippen LogP contribution in [0, 0.1) is 0 Å². The molecule has 8 nitrogen and oxygen atoms in total. The molecule has 1 aromatic carbocycles. The van der Waals surface area contributed by atoms with Gasteiger partial charge >= 0.3 is 6.09 Å². The number of aromatic nitrogens is 3. The number of nitrogen functional groups attached to an aromatic ring is 1. The Kier molecular flexibility index (Phi) is 3.09. The van der Waals surface area contributed by atoms with Gasteiger partial charge in [0.2, 0.25) is 0 Å². The summed E-state index contributed by atoms with van der Waals surface area (Å²) in [4.78, 5) is 19.4. The van der Waals surface area contributed by atoms with E-state index in [0.717, 1.165) is 28.7 Å². The van der Waals surface area contributed by atoms with Crippen LogP contribution >= 0.6 is 0 Å². The quantitative estimate of drug-likeness (QED) is 0.733. The van der Waals surface area contributed by atoms with Crippen molar-refractivity contribution in [3.63, 3.8) is 0 Å². The van der Waals surface area contributed by atoms with Crippen LogP contribution < -0.4 is 10.6 Å². The number of para-hydroxylation sites is 1. The van der Waals surface area contributed by atoms with Crippen LogP contribution in [0.3, 0.4) is 0 Å². The van der Waals surface area contributed by atoms with E-state index in [1.165, 1.54) is 0 Å². The third-order valence-corrected chi connectivity index (χ3v) is 5.39. The first-order chi connectivity index (χ1) is 12.6. The van der Waals surface area contributed by atoms with Crippen LogP contribution in [0.25, 0.3) is 16.6 Å². The highest BCUT2D eigenvalue weighted by molar-refractivity contribution is 5.90. The number of carboxylic acid groups (broad SMARTS) is 1. The molecule has 2 aliphatic heterocycles. The summed E-state index contributed by atoms with van der Waals surface area (Å²) in [6.07, 6.45) is 3.63. The van der Waals surface area contributed by atoms with Gasteiger partial charge in [-0.2, -0.15) is 0 Å². The van der Waals surface area contributed by atoms with Gasteiger partial charge in [-0.1, -0.05) is 12.1 Å². The highest BCUT2D eigenvalue weighted by Crippen LogP contribution is 2.35. The molecule has 1 amide bonds. The largest absolute Gasteiger partial charge is 0.465 e. The van der Waals surface area contributed by atoms with Crippen molar-refractivity contribution in [3.8, 4) is 5.69 Å². The van der Waals surface area contributed by atoms with Crippen molar-refractivity contribution in [2.75, 3.05) is 23.7 Å². The molecule has 0 aliphatic carbocycles. The number of amides is 1. The molecule has 2 aromatic heterocycles. The standard InChI is InChI=1S/C18H18N6O2/c19-17-15-3-1-2-4-16(15)24(21-17)12-5-11(7-20-8-12)22-9-14-6-13(22)10-23(14)18(25)26/h1-5,7-8,13-14H,6,9-10H2,(H2,19,21)(H,25,26)/t13-,14-/m0/s1. The molecule has 8 heteroatoms. The number of rotatable bonds is 2. The summed E-state index contributed by atoms with van der Waals surface area (Å²) in [6, 6.07) is 10.1. The molecule has 2 bridgehead atoms. The van der Waals surface area contributed by atoms with Crippen LogP contribution in [-0.4, -0.2) is 56.0 Å². The number of carbonyl (C=O) groups is 1. The highest BCUT2D eigenvalue weighted by atomic mass is 16.4. The minimum Gasteiger partial charge on any atom is -0.465 e. The number of fused-ring (bicyclic) bond motifs is 3. The molecule has 132 valence electrons. The maximum Gasteiger partial charge on any atom is 0.407 e. The van der Waals surface area contributed by atoms with Crippen molar-refractivity contribution >= 4 is 28.5 Å². The van der Waals surface area contributed by atoms with Gasteiger partial charge in [-0.05, 0) is 24.6 Å². The van der Waals surface area contributed by atoms with E-state index < -0.39 is 6.09 Å². The normalized spacial score (nSPS) is 21.7. The van der Waals surface area contributed by atoms with Gasteiger partial charge < -0.3 is 20.6 Å². The third kappa shape index (κ3) is 2.11. The van der Waals surface area contributed by atoms with Crippen molar-refractivity contribution < 1.29 is 9.90 Å². The van der Waals surface area contributed by atoms with E-state index in [2.05, 4.69) is 15.0 Å². The Bertz CT molecular complexity index is 1020. The Labute approximate surface area is 149 Å². The van der Waals surface area contributed by atoms with Gasteiger partial charge in [-0.15, -0.1) is 5.10 Å². The molecule has 2 atom stereocenters. The molecular formula is C18H18N6O2. The minimum absolute atomic E-state index is 0.0577. The van der Waals surface area contributed by atoms with Crippen LogP contribution in [0.15, 0.2) is 42.7 Å². The number of piperazine rings is 1. The molecular weight excluding hydrogens is 332 g/mol. The van der Waals surface area contributed by atoms with Gasteiger partial charge in [-0.25, -0.2) is 9.48 Å². The van der Waals surface area contributed by atoms with Crippen molar-refractivity contribution in [2.45, 2.75) is 18.5 Å². The van der Waals surface area contributed by atoms with Crippen molar-refractivity contribution in [1.82, 2.24) is 19.7 Å². The van der Waals surface area contributed by atoms with E-state index in [4.69, 9.17) is 5.73 Å². The molecule has 26 heavy (non-hydrogen) atoms. The van der Waals surface area contributed by atoms with Crippen LogP contribution in [0.2, 0.25) is 0 Å². The number of pyridine rings is 1. The lowest BCUT2D eigenvalue weighted by molar-refractivity contribution is 0.137. The number of hydrogen-bond donors (Lipinski definition) is 2. The zero-order chi connectivity index (χ0) is 17.8. The maximum absolute atomic E-state index is 11.3. The molecule has 0 radical (unpaired) electrons. The Hall–Kier alpha value is -3.29. The van der Waals surface area contributed by atoms with Gasteiger partial charge in [0.15, 0.2) is 5.82 Å². The molecule has 2 aliphatic rings. The number of nitrogens with zero attached hydrogens (tertiary/aromatic N) is 5. The average molecular weight is 350 g/mol. The summed E-state index contributed by atoms with van der Waals surface area (Å²) in [5.41, 5.74) is 8.80. The fraction of sp³-hybridized carbons (Fsp3) is 0.278. The Morgan fingerprint density at radius 1 is 1.15 bits per heavy atom. The molecule has 2 fully saturated rings. The van der Waals surface area contributed by atoms with Crippen LogP contribution in [-0.2, 0) is 0 Å². The van der Waals surface area contributed by atoms with E-state index in [-0.39, 0.29) is 12.1 Å². The van der Waals surface area contributed by atoms with Crippen molar-refractivity contribution in [3.05, 3.63) is 42.7 Å². The summed E-state index contributed by atoms with van der Waals surface area (Å²) in [7, 11) is 0. The first-order valence-electron chi connectivity index (χ1n) is 8.56. The number of hydrogen-bond acceptors (Lipinski definition) is 5. The van der Waals surface area contributed by atoms with Gasteiger partial charge in [-0.3, -0.25) is 4.98 Å². The SMILES string of the molecule is Nc1nn(-c2cncc(N3C[C@@H]4C[C@H]3CN4C(=O)O)c2)c2ccccc12. The molecule has 4 heterocycles. The number of nitrogens with two attached hydrogens (primary N) is 1. The van der Waals surface area contributed by atoms with Gasteiger partial charge in [0.05, 0.1) is 35.3 Å². The Balaban J connectivity index is 1.50. The molecule has 3 aromatic rings. The predicted molar refractivity (Wildman–Crippen MR) is 97.5 cm³/mol. The number of anilines is 2. The lowest BCUT2D eigenvalue weighted by atomic mass is 10.2. The fourth-order valence-electron chi connectivity index (χ4n) is 4.19. The highest BCUT2D eigenvalue weighted by Gasteiger charge is 2.45. The van der Waals surface area contributed by atoms with Crippen LogP contribution in [0.4, 0.5) is 16.3 Å². The minimum atomic E-state index is -0.831.